The molecule has 4 N–H and O–H groups in total. The molecular weight excluding hydrogens is 518 g/mol. The molecule has 2 aliphatic rings. The van der Waals surface area contributed by atoms with Crippen molar-refractivity contribution in [1.29, 1.82) is 0 Å². The van der Waals surface area contributed by atoms with E-state index in [1.165, 1.54) is 5.56 Å². The summed E-state index contributed by atoms with van der Waals surface area (Å²) in [5.41, 5.74) is 2.13. The zero-order valence-electron chi connectivity index (χ0n) is 20.1. The zero-order chi connectivity index (χ0) is 28.6. The number of aromatic nitrogens is 1. The van der Waals surface area contributed by atoms with Gasteiger partial charge in [-0.25, -0.2) is 19.4 Å². The van der Waals surface area contributed by atoms with Crippen LogP contribution in [0.3, 0.4) is 0 Å². The third kappa shape index (κ3) is 9.59. The highest BCUT2D eigenvalue weighted by Gasteiger charge is 2.39. The molecule has 3 rings (SSSR count). The second-order valence-electron chi connectivity index (χ2n) is 7.93. The number of nitrogens with one attached hydrogen (secondary N) is 2. The van der Waals surface area contributed by atoms with Crippen molar-refractivity contribution in [3.63, 3.8) is 0 Å². The van der Waals surface area contributed by atoms with E-state index < -0.39 is 24.3 Å². The number of aliphatic carboxylic acids is 2. The first-order chi connectivity index (χ1) is 17.0. The summed E-state index contributed by atoms with van der Waals surface area (Å²) in [5.74, 6) is -4.44. The van der Waals surface area contributed by atoms with Crippen molar-refractivity contribution in [3.05, 3.63) is 23.4 Å². The van der Waals surface area contributed by atoms with E-state index in [9.17, 15) is 31.1 Å². The molecule has 0 radical (unpaired) electrons. The second kappa shape index (κ2) is 13.3. The summed E-state index contributed by atoms with van der Waals surface area (Å²) in [5, 5.41) is 20.4. The van der Waals surface area contributed by atoms with E-state index in [0.29, 0.717) is 25.0 Å². The number of pyridine rings is 1. The normalized spacial score (nSPS) is 19.1. The number of amides is 1. The number of carbonyl (C=O) groups excluding carboxylic acids is 1. The average molecular weight is 546 g/mol. The van der Waals surface area contributed by atoms with Crippen molar-refractivity contribution in [2.45, 2.75) is 64.2 Å². The minimum absolute atomic E-state index is 0.302. The summed E-state index contributed by atoms with van der Waals surface area (Å²) in [6, 6.07) is 5.07. The van der Waals surface area contributed by atoms with Crippen LogP contribution in [-0.2, 0) is 20.7 Å². The summed E-state index contributed by atoms with van der Waals surface area (Å²) in [7, 11) is 0. The molecule has 1 unspecified atom stereocenters. The average Bonchev–Trinajstić information content (AvgIpc) is 3.16. The van der Waals surface area contributed by atoms with Gasteiger partial charge in [-0.05, 0) is 38.3 Å². The molecule has 1 aromatic heterocycles. The first-order valence-electron chi connectivity index (χ1n) is 11.1. The van der Waals surface area contributed by atoms with Crippen molar-refractivity contribution in [3.8, 4) is 0 Å². The van der Waals surface area contributed by atoms with Crippen molar-refractivity contribution < 1.29 is 55.7 Å². The Morgan fingerprint density at radius 3 is 2.11 bits per heavy atom. The lowest BCUT2D eigenvalue weighted by Crippen LogP contribution is -2.55. The van der Waals surface area contributed by atoms with E-state index in [-0.39, 0.29) is 12.2 Å². The summed E-state index contributed by atoms with van der Waals surface area (Å²) >= 11 is 0. The van der Waals surface area contributed by atoms with Gasteiger partial charge in [0.15, 0.2) is 0 Å². The molecule has 3 atom stereocenters. The number of nitrogens with zero attached hydrogens (tertiary/aromatic N) is 2. The molecule has 1 saturated heterocycles. The molecular formula is C21H28F6N4O6. The van der Waals surface area contributed by atoms with Gasteiger partial charge in [0.05, 0.1) is 5.69 Å². The Kier molecular flexibility index (Phi) is 11.4. The quantitative estimate of drug-likeness (QED) is 0.419. The maximum Gasteiger partial charge on any atom is 0.490 e. The predicted octanol–water partition coefficient (Wildman–Crippen LogP) is 3.27. The molecule has 1 amide bonds. The van der Waals surface area contributed by atoms with E-state index in [1.54, 1.807) is 0 Å². The van der Waals surface area contributed by atoms with Crippen LogP contribution in [0.15, 0.2) is 12.1 Å². The lowest BCUT2D eigenvalue weighted by Gasteiger charge is -2.37. The topological polar surface area (TPSA) is 141 Å². The van der Waals surface area contributed by atoms with Gasteiger partial charge in [0.25, 0.3) is 0 Å². The van der Waals surface area contributed by atoms with Crippen LogP contribution < -0.4 is 15.5 Å². The fraction of sp³-hybridized carbons (Fsp3) is 0.619. The number of hydrogen-bond donors (Lipinski definition) is 4. The Balaban J connectivity index is 0.000000404. The van der Waals surface area contributed by atoms with E-state index in [4.69, 9.17) is 29.5 Å². The number of fused-ring (bicyclic) bond motifs is 3. The number of rotatable bonds is 4. The lowest BCUT2D eigenvalue weighted by molar-refractivity contribution is -0.193. The summed E-state index contributed by atoms with van der Waals surface area (Å²) < 4.78 is 69.0. The Morgan fingerprint density at radius 1 is 1.11 bits per heavy atom. The monoisotopic (exact) mass is 546 g/mol. The number of hydrogen-bond acceptors (Lipinski definition) is 7. The standard InChI is InChI=1S/C17H26N4O2.2C2HF3O2/c1-4-15(23-17(22)19-5-2)14-7-6-12-8-13-10-18-9-11(3)21(13)16(12)20-14;2*3-2(4,5)1(6)7/h6-7,11,13,15,18H,4-5,8-10H2,1-3H3,(H,19,22);2*(H,6,7)/t11-,13-,15?;;/m1../s1. The van der Waals surface area contributed by atoms with Crippen LogP contribution in [0.1, 0.15) is 44.6 Å². The highest BCUT2D eigenvalue weighted by molar-refractivity contribution is 5.73. The number of alkyl carbamates (subject to hydrolysis) is 1. The SMILES string of the molecule is CCNC(=O)OC(CC)c1ccc2c(n1)N1[C@@H](CNC[C@H]1C)C2.O=C(O)C(F)(F)F.O=C(O)C(F)(F)F. The number of alkyl halides is 6. The fourth-order valence-electron chi connectivity index (χ4n) is 3.54. The highest BCUT2D eigenvalue weighted by Crippen LogP contribution is 2.35. The van der Waals surface area contributed by atoms with Crippen molar-refractivity contribution >= 4 is 23.8 Å². The van der Waals surface area contributed by atoms with Gasteiger partial charge in [-0.15, -0.1) is 0 Å². The minimum atomic E-state index is -5.08. The van der Waals surface area contributed by atoms with E-state index in [1.807, 2.05) is 19.9 Å². The summed E-state index contributed by atoms with van der Waals surface area (Å²) in [6.07, 6.45) is -9.10. The van der Waals surface area contributed by atoms with E-state index in [0.717, 1.165) is 31.0 Å². The van der Waals surface area contributed by atoms with Crippen LogP contribution in [0, 0.1) is 0 Å². The molecule has 0 aromatic carbocycles. The molecule has 0 aliphatic carbocycles. The van der Waals surface area contributed by atoms with Gasteiger partial charge in [-0.1, -0.05) is 13.0 Å². The van der Waals surface area contributed by atoms with Gasteiger partial charge < -0.3 is 30.5 Å². The minimum Gasteiger partial charge on any atom is -0.475 e. The predicted molar refractivity (Wildman–Crippen MR) is 117 cm³/mol. The number of carboxylic acids is 2. The molecule has 16 heteroatoms. The van der Waals surface area contributed by atoms with Crippen LogP contribution in [-0.4, -0.2) is 77.3 Å². The summed E-state index contributed by atoms with van der Waals surface area (Å²) in [6.45, 7) is 8.66. The van der Waals surface area contributed by atoms with Gasteiger partial charge in [-0.3, -0.25) is 0 Å². The Labute approximate surface area is 208 Å². The molecule has 0 spiro atoms. The Hall–Kier alpha value is -3.30. The molecule has 10 nitrogen and oxygen atoms in total. The van der Waals surface area contributed by atoms with Crippen LogP contribution in [0.5, 0.6) is 0 Å². The molecule has 37 heavy (non-hydrogen) atoms. The highest BCUT2D eigenvalue weighted by atomic mass is 19.4. The maximum absolute atomic E-state index is 11.7. The Bertz CT molecular complexity index is 919. The largest absolute Gasteiger partial charge is 0.490 e. The number of anilines is 1. The summed E-state index contributed by atoms with van der Waals surface area (Å²) in [4.78, 5) is 36.8. The first kappa shape index (κ1) is 31.7. The third-order valence-corrected chi connectivity index (χ3v) is 5.12. The number of piperazine rings is 1. The van der Waals surface area contributed by atoms with Gasteiger partial charge in [-0.2, -0.15) is 26.3 Å². The molecule has 1 fully saturated rings. The van der Waals surface area contributed by atoms with Crippen LogP contribution >= 0.6 is 0 Å². The number of ether oxygens (including phenoxy) is 1. The number of carboxylic acid groups (broad SMARTS) is 2. The molecule has 3 heterocycles. The maximum atomic E-state index is 11.7. The molecule has 2 aliphatic heterocycles. The van der Waals surface area contributed by atoms with Crippen molar-refractivity contribution in [2.75, 3.05) is 24.5 Å². The lowest BCUT2D eigenvalue weighted by atomic mass is 10.1. The van der Waals surface area contributed by atoms with Crippen molar-refractivity contribution in [1.82, 2.24) is 15.6 Å². The second-order valence-corrected chi connectivity index (χ2v) is 7.93. The van der Waals surface area contributed by atoms with E-state index in [2.05, 4.69) is 28.5 Å². The van der Waals surface area contributed by atoms with Gasteiger partial charge >= 0.3 is 30.4 Å². The van der Waals surface area contributed by atoms with Gasteiger partial charge in [0, 0.05) is 31.7 Å². The van der Waals surface area contributed by atoms with Crippen molar-refractivity contribution in [2.24, 2.45) is 0 Å². The van der Waals surface area contributed by atoms with E-state index >= 15 is 0 Å². The van der Waals surface area contributed by atoms with Gasteiger partial charge in [0.2, 0.25) is 0 Å². The number of carbonyl (C=O) groups is 3. The van der Waals surface area contributed by atoms with Gasteiger partial charge in [0.1, 0.15) is 11.9 Å². The molecule has 1 aromatic rings. The van der Waals surface area contributed by atoms with Crippen LogP contribution in [0.4, 0.5) is 37.0 Å². The fourth-order valence-corrected chi connectivity index (χ4v) is 3.54. The van der Waals surface area contributed by atoms with Crippen LogP contribution in [0.2, 0.25) is 0 Å². The van der Waals surface area contributed by atoms with Crippen LogP contribution in [0.25, 0.3) is 0 Å². The zero-order valence-corrected chi connectivity index (χ0v) is 20.1. The molecule has 210 valence electrons. The molecule has 0 saturated carbocycles. The number of halogens is 6. The first-order valence-corrected chi connectivity index (χ1v) is 11.1. The Morgan fingerprint density at radius 2 is 1.65 bits per heavy atom. The third-order valence-electron chi connectivity index (χ3n) is 5.12. The smallest absolute Gasteiger partial charge is 0.475 e. The molecule has 0 bridgehead atoms.